The third kappa shape index (κ3) is 3.73. The number of aryl methyl sites for hydroxylation is 1. The van der Waals surface area contributed by atoms with E-state index in [9.17, 15) is 0 Å². The van der Waals surface area contributed by atoms with Crippen LogP contribution in [0.2, 0.25) is 5.02 Å². The zero-order valence-electron chi connectivity index (χ0n) is 10.7. The number of nitrogen functional groups attached to an aromatic ring is 1. The van der Waals surface area contributed by atoms with E-state index in [2.05, 4.69) is 5.16 Å². The molecule has 2 rings (SSSR count). The first kappa shape index (κ1) is 13.4. The van der Waals surface area contributed by atoms with Gasteiger partial charge in [0.2, 0.25) is 0 Å². The zero-order chi connectivity index (χ0) is 13.7. The SMILES string of the molecule is Cc1ccccc1C(N)=[NH+]OCc1ccc(Cl)cc1. The lowest BCUT2D eigenvalue weighted by Crippen LogP contribution is -2.74. The quantitative estimate of drug-likeness (QED) is 0.505. The molecule has 0 aromatic heterocycles. The van der Waals surface area contributed by atoms with Gasteiger partial charge >= 0.3 is 5.84 Å². The summed E-state index contributed by atoms with van der Waals surface area (Å²) in [5, 5.41) is 3.48. The lowest BCUT2D eigenvalue weighted by Gasteiger charge is -2.01. The van der Waals surface area contributed by atoms with Crippen molar-refractivity contribution in [3.05, 3.63) is 70.2 Å². The topological polar surface area (TPSA) is 49.2 Å². The van der Waals surface area contributed by atoms with Gasteiger partial charge in [0.1, 0.15) is 0 Å². The molecule has 3 N–H and O–H groups in total. The predicted molar refractivity (Wildman–Crippen MR) is 76.7 cm³/mol. The Hall–Kier alpha value is -2.00. The van der Waals surface area contributed by atoms with E-state index in [4.69, 9.17) is 22.2 Å². The summed E-state index contributed by atoms with van der Waals surface area (Å²) in [6, 6.07) is 15.3. The molecule has 0 fully saturated rings. The van der Waals surface area contributed by atoms with E-state index in [0.29, 0.717) is 17.5 Å². The highest BCUT2D eigenvalue weighted by Gasteiger charge is 2.07. The molecule has 0 aliphatic heterocycles. The van der Waals surface area contributed by atoms with E-state index in [-0.39, 0.29) is 0 Å². The predicted octanol–water partition coefficient (Wildman–Crippen LogP) is 1.57. The van der Waals surface area contributed by atoms with Gasteiger partial charge < -0.3 is 4.84 Å². The summed E-state index contributed by atoms with van der Waals surface area (Å²) in [5.41, 5.74) is 9.01. The number of benzene rings is 2. The van der Waals surface area contributed by atoms with E-state index < -0.39 is 0 Å². The molecule has 0 aliphatic rings. The fourth-order valence-electron chi connectivity index (χ4n) is 1.71. The van der Waals surface area contributed by atoms with Crippen LogP contribution in [-0.4, -0.2) is 5.84 Å². The highest BCUT2D eigenvalue weighted by Crippen LogP contribution is 2.09. The van der Waals surface area contributed by atoms with Crippen LogP contribution in [0.3, 0.4) is 0 Å². The molecule has 2 aromatic rings. The van der Waals surface area contributed by atoms with Crippen molar-refractivity contribution in [3.8, 4) is 0 Å². The van der Waals surface area contributed by atoms with Gasteiger partial charge in [0.05, 0.1) is 5.56 Å². The lowest BCUT2D eigenvalue weighted by molar-refractivity contribution is -0.758. The minimum absolute atomic E-state index is 0.420. The first-order chi connectivity index (χ1) is 9.16. The third-order valence-electron chi connectivity index (χ3n) is 2.77. The van der Waals surface area contributed by atoms with Crippen LogP contribution in [0, 0.1) is 6.92 Å². The number of nitrogens with one attached hydrogen (secondary N) is 1. The largest absolute Gasteiger partial charge is 0.338 e. The van der Waals surface area contributed by atoms with Gasteiger partial charge in [-0.3, -0.25) is 5.73 Å². The summed E-state index contributed by atoms with van der Waals surface area (Å²) in [4.78, 5) is 5.38. The number of amidine groups is 1. The van der Waals surface area contributed by atoms with Crippen LogP contribution in [0.25, 0.3) is 0 Å². The van der Waals surface area contributed by atoms with E-state index in [1.165, 1.54) is 0 Å². The summed E-state index contributed by atoms with van der Waals surface area (Å²) in [6.07, 6.45) is 0. The van der Waals surface area contributed by atoms with Crippen LogP contribution in [-0.2, 0) is 11.4 Å². The normalized spacial score (nSPS) is 11.4. The number of halogens is 1. The molecule has 0 saturated carbocycles. The first-order valence-electron chi connectivity index (χ1n) is 5.97. The Morgan fingerprint density at radius 1 is 1.16 bits per heavy atom. The second kappa shape index (κ2) is 6.25. The molecule has 4 heteroatoms. The molecule has 0 spiro atoms. The number of hydrogen-bond donors (Lipinski definition) is 2. The Labute approximate surface area is 117 Å². The van der Waals surface area contributed by atoms with Crippen molar-refractivity contribution in [3.63, 3.8) is 0 Å². The van der Waals surface area contributed by atoms with E-state index >= 15 is 0 Å². The standard InChI is InChI=1S/C15H15ClN2O/c1-11-4-2-3-5-14(11)15(17)18-19-10-12-6-8-13(16)9-7-12/h2-9H,10H2,1H3,(H2,17,18)/p+1. The van der Waals surface area contributed by atoms with Crippen molar-refractivity contribution in [2.75, 3.05) is 0 Å². The zero-order valence-corrected chi connectivity index (χ0v) is 11.4. The maximum atomic E-state index is 5.94. The molecule has 0 aliphatic carbocycles. The van der Waals surface area contributed by atoms with Gasteiger partial charge in [0.15, 0.2) is 6.61 Å². The summed E-state index contributed by atoms with van der Waals surface area (Å²) in [7, 11) is 0. The van der Waals surface area contributed by atoms with Crippen molar-refractivity contribution >= 4 is 17.4 Å². The molecule has 0 bridgehead atoms. The van der Waals surface area contributed by atoms with Crippen LogP contribution in [0.1, 0.15) is 16.7 Å². The van der Waals surface area contributed by atoms with Crippen LogP contribution in [0.4, 0.5) is 0 Å². The van der Waals surface area contributed by atoms with E-state index in [1.807, 2.05) is 55.5 Å². The average Bonchev–Trinajstić information content (AvgIpc) is 2.41. The number of nitrogens with two attached hydrogens (primary N) is 1. The summed E-state index contributed by atoms with van der Waals surface area (Å²) < 4.78 is 0. The highest BCUT2D eigenvalue weighted by molar-refractivity contribution is 6.30. The smallest absolute Gasteiger partial charge is 0.311 e. The molecule has 0 atom stereocenters. The van der Waals surface area contributed by atoms with Crippen LogP contribution in [0.5, 0.6) is 0 Å². The molecular weight excluding hydrogens is 260 g/mol. The average molecular weight is 276 g/mol. The summed E-state index contributed by atoms with van der Waals surface area (Å²) in [6.45, 7) is 2.42. The molecular formula is C15H16ClN2O+. The highest BCUT2D eigenvalue weighted by atomic mass is 35.5. The Bertz CT molecular complexity index is 579. The Kier molecular flexibility index (Phi) is 4.42. The molecule has 19 heavy (non-hydrogen) atoms. The third-order valence-corrected chi connectivity index (χ3v) is 3.02. The first-order valence-corrected chi connectivity index (χ1v) is 6.35. The molecule has 0 radical (unpaired) electrons. The maximum absolute atomic E-state index is 5.94. The Morgan fingerprint density at radius 2 is 1.84 bits per heavy atom. The maximum Gasteiger partial charge on any atom is 0.311 e. The lowest BCUT2D eigenvalue weighted by atomic mass is 10.1. The monoisotopic (exact) mass is 275 g/mol. The van der Waals surface area contributed by atoms with Gasteiger partial charge in [-0.2, -0.15) is 0 Å². The Balaban J connectivity index is 1.99. The van der Waals surface area contributed by atoms with Gasteiger partial charge in [-0.25, -0.2) is 0 Å². The number of rotatable bonds is 4. The van der Waals surface area contributed by atoms with Crippen molar-refractivity contribution in [2.45, 2.75) is 13.5 Å². The summed E-state index contributed by atoms with van der Waals surface area (Å²) in [5.74, 6) is 0.507. The van der Waals surface area contributed by atoms with Crippen molar-refractivity contribution in [1.29, 1.82) is 0 Å². The molecule has 0 unspecified atom stereocenters. The second-order valence-corrected chi connectivity index (χ2v) is 4.68. The van der Waals surface area contributed by atoms with Gasteiger partial charge in [0.25, 0.3) is 0 Å². The van der Waals surface area contributed by atoms with Crippen LogP contribution < -0.4 is 10.9 Å². The number of hydrogen-bond acceptors (Lipinski definition) is 1. The van der Waals surface area contributed by atoms with E-state index in [1.54, 1.807) is 0 Å². The molecule has 3 nitrogen and oxygen atoms in total. The van der Waals surface area contributed by atoms with Crippen molar-refractivity contribution in [1.82, 2.24) is 0 Å². The molecule has 0 saturated heterocycles. The van der Waals surface area contributed by atoms with Gasteiger partial charge in [-0.15, -0.1) is 0 Å². The molecule has 98 valence electrons. The van der Waals surface area contributed by atoms with E-state index in [0.717, 1.165) is 16.7 Å². The van der Waals surface area contributed by atoms with Gasteiger partial charge in [-0.05, 0) is 36.2 Å². The van der Waals surface area contributed by atoms with Crippen LogP contribution >= 0.6 is 11.6 Å². The molecule has 0 amide bonds. The second-order valence-electron chi connectivity index (χ2n) is 4.25. The van der Waals surface area contributed by atoms with Crippen LogP contribution in [0.15, 0.2) is 48.5 Å². The summed E-state index contributed by atoms with van der Waals surface area (Å²) >= 11 is 5.81. The Morgan fingerprint density at radius 3 is 2.53 bits per heavy atom. The fraction of sp³-hybridized carbons (Fsp3) is 0.133. The minimum atomic E-state index is 0.420. The minimum Gasteiger partial charge on any atom is -0.338 e. The fourth-order valence-corrected chi connectivity index (χ4v) is 1.83. The van der Waals surface area contributed by atoms with Gasteiger partial charge in [0, 0.05) is 5.02 Å². The van der Waals surface area contributed by atoms with Crippen molar-refractivity contribution < 1.29 is 9.99 Å². The molecule has 2 aromatic carbocycles. The molecule has 0 heterocycles. The van der Waals surface area contributed by atoms with Crippen molar-refractivity contribution in [2.24, 2.45) is 5.73 Å². The van der Waals surface area contributed by atoms with Gasteiger partial charge in [-0.1, -0.05) is 47.1 Å².